The summed E-state index contributed by atoms with van der Waals surface area (Å²) in [6.07, 6.45) is 0. The first kappa shape index (κ1) is 14.7. The van der Waals surface area contributed by atoms with Gasteiger partial charge in [0.1, 0.15) is 5.76 Å². The van der Waals surface area contributed by atoms with Crippen molar-refractivity contribution < 1.29 is 14.4 Å². The van der Waals surface area contributed by atoms with Crippen LogP contribution in [0.15, 0.2) is 51.0 Å². The highest BCUT2D eigenvalue weighted by Gasteiger charge is 2.15. The number of hydrogen-bond donors (Lipinski definition) is 1. The van der Waals surface area contributed by atoms with E-state index in [-0.39, 0.29) is 11.4 Å². The predicted octanol–water partition coefficient (Wildman–Crippen LogP) is 5.08. The number of aromatic hydroxyl groups is 1. The van der Waals surface area contributed by atoms with Crippen LogP contribution in [0, 0.1) is 24.0 Å². The highest BCUT2D eigenvalue weighted by molar-refractivity contribution is 5.96. The van der Waals surface area contributed by atoms with Crippen molar-refractivity contribution >= 4 is 28.0 Å². The molecule has 7 heteroatoms. The Morgan fingerprint density at radius 2 is 1.96 bits per heavy atom. The molecule has 23 heavy (non-hydrogen) atoms. The van der Waals surface area contributed by atoms with E-state index in [1.54, 1.807) is 25.1 Å². The van der Waals surface area contributed by atoms with Crippen LogP contribution in [-0.4, -0.2) is 10.0 Å². The Morgan fingerprint density at radius 1 is 1.17 bits per heavy atom. The molecule has 0 bridgehead atoms. The van der Waals surface area contributed by atoms with Crippen molar-refractivity contribution in [2.24, 2.45) is 10.2 Å². The lowest BCUT2D eigenvalue weighted by Gasteiger charge is -1.99. The van der Waals surface area contributed by atoms with Crippen LogP contribution in [0.25, 0.3) is 11.0 Å². The molecule has 0 fully saturated rings. The number of phenols is 1. The first-order valence-corrected chi connectivity index (χ1v) is 6.85. The summed E-state index contributed by atoms with van der Waals surface area (Å²) in [5.74, 6) is 0.721. The highest BCUT2D eigenvalue weighted by atomic mass is 16.6. The standard InChI is InChI=1S/C16H13N3O4/c1-9-10(2)23-16-14(20)7-6-13(15(9)16)18-17-11-4-3-5-12(8-11)19(21)22/h3-8,20H,1-2H3. The average Bonchev–Trinajstić information content (AvgIpc) is 2.84. The van der Waals surface area contributed by atoms with Gasteiger partial charge in [0, 0.05) is 17.7 Å². The number of aryl methyl sites for hydroxylation is 2. The summed E-state index contributed by atoms with van der Waals surface area (Å²) in [6, 6.07) is 9.01. The molecule has 2 aromatic carbocycles. The lowest BCUT2D eigenvalue weighted by atomic mass is 10.1. The molecule has 0 unspecified atom stereocenters. The van der Waals surface area contributed by atoms with Crippen LogP contribution in [0.1, 0.15) is 11.3 Å². The molecule has 7 nitrogen and oxygen atoms in total. The molecular weight excluding hydrogens is 298 g/mol. The fourth-order valence-electron chi connectivity index (χ4n) is 2.30. The Kier molecular flexibility index (Phi) is 3.53. The Balaban J connectivity index is 2.07. The molecule has 0 saturated heterocycles. The van der Waals surface area contributed by atoms with Gasteiger partial charge in [0.05, 0.1) is 21.7 Å². The second-order valence-electron chi connectivity index (χ2n) is 5.07. The Morgan fingerprint density at radius 3 is 2.70 bits per heavy atom. The van der Waals surface area contributed by atoms with E-state index in [1.807, 2.05) is 6.92 Å². The smallest absolute Gasteiger partial charge is 0.271 e. The van der Waals surface area contributed by atoms with E-state index < -0.39 is 4.92 Å². The third kappa shape index (κ3) is 2.64. The van der Waals surface area contributed by atoms with E-state index in [2.05, 4.69) is 10.2 Å². The second kappa shape index (κ2) is 5.53. The third-order valence-electron chi connectivity index (χ3n) is 3.59. The monoisotopic (exact) mass is 311 g/mol. The van der Waals surface area contributed by atoms with Crippen LogP contribution in [0.5, 0.6) is 5.75 Å². The SMILES string of the molecule is Cc1oc2c(O)ccc(N=Nc3cccc([N+](=O)[O-])c3)c2c1C. The first-order chi connectivity index (χ1) is 11.0. The Labute approximate surface area is 131 Å². The lowest BCUT2D eigenvalue weighted by Crippen LogP contribution is -1.85. The molecule has 0 amide bonds. The fraction of sp³-hybridized carbons (Fsp3) is 0.125. The van der Waals surface area contributed by atoms with Gasteiger partial charge in [-0.2, -0.15) is 5.11 Å². The van der Waals surface area contributed by atoms with Crippen molar-refractivity contribution in [2.45, 2.75) is 13.8 Å². The van der Waals surface area contributed by atoms with E-state index in [1.165, 1.54) is 18.2 Å². The van der Waals surface area contributed by atoms with Crippen LogP contribution in [0.4, 0.5) is 17.1 Å². The number of nitro groups is 1. The molecule has 0 saturated carbocycles. The lowest BCUT2D eigenvalue weighted by molar-refractivity contribution is -0.384. The normalized spacial score (nSPS) is 11.4. The quantitative estimate of drug-likeness (QED) is 0.414. The number of phenolic OH excluding ortho intramolecular Hbond substituents is 1. The molecule has 1 aromatic heterocycles. The molecule has 116 valence electrons. The second-order valence-corrected chi connectivity index (χ2v) is 5.07. The molecule has 0 radical (unpaired) electrons. The van der Waals surface area contributed by atoms with E-state index in [0.717, 1.165) is 5.56 Å². The topological polar surface area (TPSA) is 101 Å². The number of nitro benzene ring substituents is 1. The van der Waals surface area contributed by atoms with Crippen LogP contribution in [0.2, 0.25) is 0 Å². The maximum Gasteiger partial charge on any atom is 0.271 e. The minimum Gasteiger partial charge on any atom is -0.504 e. The fourth-order valence-corrected chi connectivity index (χ4v) is 2.30. The first-order valence-electron chi connectivity index (χ1n) is 6.85. The molecule has 1 N–H and O–H groups in total. The summed E-state index contributed by atoms with van der Waals surface area (Å²) in [7, 11) is 0. The Hall–Kier alpha value is -3.22. The summed E-state index contributed by atoms with van der Waals surface area (Å²) in [6.45, 7) is 3.67. The van der Waals surface area contributed by atoms with E-state index >= 15 is 0 Å². The van der Waals surface area contributed by atoms with Gasteiger partial charge in [0.2, 0.25) is 0 Å². The van der Waals surface area contributed by atoms with Crippen LogP contribution >= 0.6 is 0 Å². The molecular formula is C16H13N3O4. The largest absolute Gasteiger partial charge is 0.504 e. The van der Waals surface area contributed by atoms with Crippen molar-refractivity contribution in [3.63, 3.8) is 0 Å². The van der Waals surface area contributed by atoms with Gasteiger partial charge < -0.3 is 9.52 Å². The van der Waals surface area contributed by atoms with Crippen molar-refractivity contribution in [1.82, 2.24) is 0 Å². The number of benzene rings is 2. The molecule has 0 spiro atoms. The Bertz CT molecular complexity index is 944. The van der Waals surface area contributed by atoms with Crippen molar-refractivity contribution in [2.75, 3.05) is 0 Å². The minimum atomic E-state index is -0.485. The number of nitrogens with zero attached hydrogens (tertiary/aromatic N) is 3. The zero-order valence-corrected chi connectivity index (χ0v) is 12.5. The van der Waals surface area contributed by atoms with Gasteiger partial charge in [-0.1, -0.05) is 6.07 Å². The number of azo groups is 1. The average molecular weight is 311 g/mol. The summed E-state index contributed by atoms with van der Waals surface area (Å²) >= 11 is 0. The van der Waals surface area contributed by atoms with E-state index in [4.69, 9.17) is 4.42 Å². The number of furan rings is 1. The van der Waals surface area contributed by atoms with Crippen molar-refractivity contribution in [3.8, 4) is 5.75 Å². The van der Waals surface area contributed by atoms with Crippen molar-refractivity contribution in [3.05, 3.63) is 57.8 Å². The molecule has 3 aromatic rings. The number of hydrogen-bond acceptors (Lipinski definition) is 6. The minimum absolute atomic E-state index is 0.0329. The molecule has 3 rings (SSSR count). The van der Waals surface area contributed by atoms with Crippen LogP contribution in [-0.2, 0) is 0 Å². The van der Waals surface area contributed by atoms with Gasteiger partial charge >= 0.3 is 0 Å². The number of rotatable bonds is 3. The predicted molar refractivity (Wildman–Crippen MR) is 84.6 cm³/mol. The molecule has 0 aliphatic rings. The zero-order valence-electron chi connectivity index (χ0n) is 12.5. The molecule has 0 aliphatic heterocycles. The molecule has 1 heterocycles. The maximum absolute atomic E-state index is 10.8. The van der Waals surface area contributed by atoms with Gasteiger partial charge in [-0.15, -0.1) is 5.11 Å². The summed E-state index contributed by atoms with van der Waals surface area (Å²) in [5.41, 5.74) is 2.07. The van der Waals surface area contributed by atoms with Gasteiger partial charge in [-0.05, 0) is 32.0 Å². The molecule has 0 atom stereocenters. The summed E-state index contributed by atoms with van der Waals surface area (Å²) in [4.78, 5) is 10.3. The summed E-state index contributed by atoms with van der Waals surface area (Å²) in [5, 5.41) is 29.5. The zero-order chi connectivity index (χ0) is 16.6. The maximum atomic E-state index is 10.8. The van der Waals surface area contributed by atoms with Gasteiger partial charge in [0.15, 0.2) is 11.3 Å². The summed E-state index contributed by atoms with van der Waals surface area (Å²) < 4.78 is 5.53. The van der Waals surface area contributed by atoms with Gasteiger partial charge in [-0.25, -0.2) is 0 Å². The van der Waals surface area contributed by atoms with E-state index in [9.17, 15) is 15.2 Å². The number of fused-ring (bicyclic) bond motifs is 1. The van der Waals surface area contributed by atoms with Gasteiger partial charge in [-0.3, -0.25) is 10.1 Å². The third-order valence-corrected chi connectivity index (χ3v) is 3.59. The molecule has 0 aliphatic carbocycles. The highest BCUT2D eigenvalue weighted by Crippen LogP contribution is 2.38. The van der Waals surface area contributed by atoms with Crippen molar-refractivity contribution in [1.29, 1.82) is 0 Å². The number of non-ortho nitro benzene ring substituents is 1. The van der Waals surface area contributed by atoms with E-state index in [0.29, 0.717) is 28.1 Å². The van der Waals surface area contributed by atoms with Crippen LogP contribution in [0.3, 0.4) is 0 Å². The van der Waals surface area contributed by atoms with Gasteiger partial charge in [0.25, 0.3) is 5.69 Å². The van der Waals surface area contributed by atoms with Crippen LogP contribution < -0.4 is 0 Å².